The first-order valence-corrected chi connectivity index (χ1v) is 6.40. The summed E-state index contributed by atoms with van der Waals surface area (Å²) in [6, 6.07) is 2.09. The zero-order valence-corrected chi connectivity index (χ0v) is 9.82. The van der Waals surface area contributed by atoms with E-state index in [2.05, 4.69) is 0 Å². The fourth-order valence-corrected chi connectivity index (χ4v) is 2.09. The van der Waals surface area contributed by atoms with Crippen molar-refractivity contribution in [2.45, 2.75) is 11.8 Å². The molecule has 0 aromatic heterocycles. The predicted molar refractivity (Wildman–Crippen MR) is 56.2 cm³/mol. The molecule has 0 aliphatic carbocycles. The Hall–Kier alpha value is -0.780. The Morgan fingerprint density at radius 2 is 1.93 bits per heavy atom. The number of carboxylic acid groups (broad SMARTS) is 1. The molecule has 0 atom stereocenters. The van der Waals surface area contributed by atoms with Crippen LogP contribution in [0.4, 0.5) is 0 Å². The topological polar surface area (TPSA) is 71.4 Å². The van der Waals surface area contributed by atoms with E-state index in [1.54, 1.807) is 0 Å². The highest BCUT2D eigenvalue weighted by molar-refractivity contribution is 8.13. The van der Waals surface area contributed by atoms with Crippen LogP contribution in [0.25, 0.3) is 0 Å². The first-order chi connectivity index (χ1) is 6.73. The maximum Gasteiger partial charge on any atom is 0.336 e. The van der Waals surface area contributed by atoms with Crippen molar-refractivity contribution >= 4 is 37.3 Å². The van der Waals surface area contributed by atoms with Crippen LogP contribution in [0.2, 0.25) is 5.02 Å². The summed E-state index contributed by atoms with van der Waals surface area (Å²) in [5.74, 6) is -1.25. The van der Waals surface area contributed by atoms with Crippen molar-refractivity contribution in [2.24, 2.45) is 0 Å². The molecule has 0 aliphatic rings. The smallest absolute Gasteiger partial charge is 0.336 e. The quantitative estimate of drug-likeness (QED) is 0.836. The van der Waals surface area contributed by atoms with Crippen LogP contribution < -0.4 is 0 Å². The molecular weight excluding hydrogens is 263 g/mol. The molecule has 82 valence electrons. The number of halogens is 2. The van der Waals surface area contributed by atoms with E-state index in [-0.39, 0.29) is 15.5 Å². The van der Waals surface area contributed by atoms with Gasteiger partial charge in [0, 0.05) is 15.7 Å². The predicted octanol–water partition coefficient (Wildman–Crippen LogP) is 2.27. The SMILES string of the molecule is Cc1c(Cl)cc(S(=O)(=O)Cl)cc1C(=O)O. The van der Waals surface area contributed by atoms with E-state index in [0.29, 0.717) is 5.56 Å². The summed E-state index contributed by atoms with van der Waals surface area (Å²) in [4.78, 5) is 10.4. The average molecular weight is 269 g/mol. The number of carbonyl (C=O) groups is 1. The van der Waals surface area contributed by atoms with Crippen LogP contribution in [0.15, 0.2) is 17.0 Å². The Morgan fingerprint density at radius 1 is 1.40 bits per heavy atom. The molecule has 0 saturated heterocycles. The van der Waals surface area contributed by atoms with E-state index < -0.39 is 15.0 Å². The summed E-state index contributed by atoms with van der Waals surface area (Å²) < 4.78 is 22.0. The molecule has 4 nitrogen and oxygen atoms in total. The van der Waals surface area contributed by atoms with Gasteiger partial charge in [0.15, 0.2) is 0 Å². The largest absolute Gasteiger partial charge is 0.478 e. The molecule has 0 saturated carbocycles. The summed E-state index contributed by atoms with van der Waals surface area (Å²) in [6.45, 7) is 1.48. The number of carboxylic acids is 1. The van der Waals surface area contributed by atoms with Gasteiger partial charge in [-0.25, -0.2) is 13.2 Å². The highest BCUT2D eigenvalue weighted by Crippen LogP contribution is 2.26. The van der Waals surface area contributed by atoms with Crippen molar-refractivity contribution in [3.8, 4) is 0 Å². The molecule has 7 heteroatoms. The number of rotatable bonds is 2. The lowest BCUT2D eigenvalue weighted by Crippen LogP contribution is -2.03. The normalized spacial score (nSPS) is 11.4. The average Bonchev–Trinajstić information content (AvgIpc) is 2.06. The minimum atomic E-state index is -3.97. The van der Waals surface area contributed by atoms with Crippen molar-refractivity contribution in [3.05, 3.63) is 28.3 Å². The highest BCUT2D eigenvalue weighted by atomic mass is 35.7. The zero-order chi connectivity index (χ0) is 11.8. The molecule has 1 N–H and O–H groups in total. The lowest BCUT2D eigenvalue weighted by molar-refractivity contribution is 0.0696. The number of hydrogen-bond donors (Lipinski definition) is 1. The van der Waals surface area contributed by atoms with E-state index in [1.807, 2.05) is 0 Å². The van der Waals surface area contributed by atoms with Crippen LogP contribution in [0.5, 0.6) is 0 Å². The molecule has 15 heavy (non-hydrogen) atoms. The third-order valence-electron chi connectivity index (χ3n) is 1.83. The van der Waals surface area contributed by atoms with Crippen LogP contribution in [-0.4, -0.2) is 19.5 Å². The molecule has 0 fully saturated rings. The lowest BCUT2D eigenvalue weighted by Gasteiger charge is -2.05. The molecular formula is C8H6Cl2O4S. The van der Waals surface area contributed by atoms with Gasteiger partial charge in [-0.1, -0.05) is 11.6 Å². The van der Waals surface area contributed by atoms with Gasteiger partial charge in [-0.2, -0.15) is 0 Å². The van der Waals surface area contributed by atoms with Crippen molar-refractivity contribution in [1.82, 2.24) is 0 Å². The van der Waals surface area contributed by atoms with Crippen LogP contribution in [0, 0.1) is 6.92 Å². The van der Waals surface area contributed by atoms with Gasteiger partial charge in [-0.05, 0) is 24.6 Å². The first-order valence-electron chi connectivity index (χ1n) is 3.71. The Bertz CT molecular complexity index is 522. The Labute approximate surface area is 95.9 Å². The lowest BCUT2D eigenvalue weighted by atomic mass is 10.1. The zero-order valence-electron chi connectivity index (χ0n) is 7.49. The molecule has 1 rings (SSSR count). The maximum absolute atomic E-state index is 11.0. The summed E-state index contributed by atoms with van der Waals surface area (Å²) in [5, 5.41) is 8.83. The minimum absolute atomic E-state index is 0.0501. The molecule has 1 aromatic rings. The summed E-state index contributed by atoms with van der Waals surface area (Å²) in [5.41, 5.74) is 0.120. The van der Waals surface area contributed by atoms with Crippen LogP contribution in [-0.2, 0) is 9.05 Å². The molecule has 0 spiro atoms. The second kappa shape index (κ2) is 4.00. The molecule has 0 radical (unpaired) electrons. The Balaban J connectivity index is 3.57. The second-order valence-corrected chi connectivity index (χ2v) is 5.79. The third kappa shape index (κ3) is 2.62. The molecule has 0 unspecified atom stereocenters. The van der Waals surface area contributed by atoms with E-state index in [0.717, 1.165) is 12.1 Å². The summed E-state index contributed by atoms with van der Waals surface area (Å²) in [7, 11) is 1.11. The molecule has 0 amide bonds. The van der Waals surface area contributed by atoms with Crippen LogP contribution >= 0.6 is 22.3 Å². The maximum atomic E-state index is 11.0. The standard InChI is InChI=1S/C8H6Cl2O4S/c1-4-6(8(11)12)2-5(3-7(4)9)15(10,13)14/h2-3H,1H3,(H,11,12). The molecule has 0 aliphatic heterocycles. The summed E-state index contributed by atoms with van der Waals surface area (Å²) in [6.07, 6.45) is 0. The van der Waals surface area contributed by atoms with Crippen molar-refractivity contribution in [1.29, 1.82) is 0 Å². The Morgan fingerprint density at radius 3 is 2.33 bits per heavy atom. The van der Waals surface area contributed by atoms with E-state index >= 15 is 0 Å². The van der Waals surface area contributed by atoms with E-state index in [4.69, 9.17) is 27.4 Å². The Kier molecular flexibility index (Phi) is 3.28. The van der Waals surface area contributed by atoms with Gasteiger partial charge in [0.25, 0.3) is 9.05 Å². The minimum Gasteiger partial charge on any atom is -0.478 e. The summed E-state index contributed by atoms with van der Waals surface area (Å²) >= 11 is 5.68. The van der Waals surface area contributed by atoms with Crippen molar-refractivity contribution in [3.63, 3.8) is 0 Å². The van der Waals surface area contributed by atoms with Gasteiger partial charge < -0.3 is 5.11 Å². The second-order valence-electron chi connectivity index (χ2n) is 2.82. The van der Waals surface area contributed by atoms with Gasteiger partial charge in [-0.15, -0.1) is 0 Å². The van der Waals surface area contributed by atoms with Gasteiger partial charge in [0.05, 0.1) is 10.5 Å². The number of aromatic carboxylic acids is 1. The van der Waals surface area contributed by atoms with Crippen molar-refractivity contribution in [2.75, 3.05) is 0 Å². The van der Waals surface area contributed by atoms with Gasteiger partial charge in [0.2, 0.25) is 0 Å². The monoisotopic (exact) mass is 268 g/mol. The van der Waals surface area contributed by atoms with Crippen LogP contribution in [0.1, 0.15) is 15.9 Å². The van der Waals surface area contributed by atoms with Crippen molar-refractivity contribution < 1.29 is 18.3 Å². The number of benzene rings is 1. The third-order valence-corrected chi connectivity index (χ3v) is 3.56. The number of hydrogen-bond acceptors (Lipinski definition) is 3. The molecule has 0 bridgehead atoms. The van der Waals surface area contributed by atoms with Crippen LogP contribution in [0.3, 0.4) is 0 Å². The molecule has 0 heterocycles. The fourth-order valence-electron chi connectivity index (χ4n) is 1.02. The van der Waals surface area contributed by atoms with E-state index in [9.17, 15) is 13.2 Å². The first kappa shape index (κ1) is 12.3. The van der Waals surface area contributed by atoms with Gasteiger partial charge >= 0.3 is 5.97 Å². The molecule has 1 aromatic carbocycles. The fraction of sp³-hybridized carbons (Fsp3) is 0.125. The van der Waals surface area contributed by atoms with E-state index in [1.165, 1.54) is 6.92 Å². The highest BCUT2D eigenvalue weighted by Gasteiger charge is 2.17. The van der Waals surface area contributed by atoms with Gasteiger partial charge in [-0.3, -0.25) is 0 Å². The van der Waals surface area contributed by atoms with Gasteiger partial charge in [0.1, 0.15) is 0 Å².